The van der Waals surface area contributed by atoms with Gasteiger partial charge in [-0.15, -0.1) is 0 Å². The first kappa shape index (κ1) is 17.5. The van der Waals surface area contributed by atoms with Crippen molar-refractivity contribution in [2.45, 2.75) is 26.7 Å². The smallest absolute Gasteiger partial charge is 0.223 e. The van der Waals surface area contributed by atoms with E-state index < -0.39 is 0 Å². The summed E-state index contributed by atoms with van der Waals surface area (Å²) in [5.41, 5.74) is 7.71. The summed E-state index contributed by atoms with van der Waals surface area (Å²) in [5.74, 6) is 1.34. The molecule has 4 N–H and O–H groups in total. The molecule has 1 aromatic heterocycles. The second kappa shape index (κ2) is 8.67. The minimum atomic E-state index is 0.163. The van der Waals surface area contributed by atoms with Gasteiger partial charge in [0.25, 0.3) is 0 Å². The van der Waals surface area contributed by atoms with Crippen molar-refractivity contribution in [3.05, 3.63) is 48.9 Å². The predicted molar refractivity (Wildman–Crippen MR) is 102 cm³/mol. The molecule has 2 aromatic rings. The third-order valence-corrected chi connectivity index (χ3v) is 3.32. The monoisotopic (exact) mass is 324 g/mol. The molecular weight excluding hydrogens is 300 g/mol. The molecule has 0 amide bonds. The Morgan fingerprint density at radius 2 is 2.12 bits per heavy atom. The molecule has 0 aliphatic carbocycles. The fraction of sp³-hybridized carbons (Fsp3) is 0.278. The largest absolute Gasteiger partial charge is 0.370 e. The van der Waals surface area contributed by atoms with Crippen LogP contribution in [0.5, 0.6) is 0 Å². The Morgan fingerprint density at radius 3 is 2.92 bits per heavy atom. The van der Waals surface area contributed by atoms with Crippen LogP contribution in [-0.2, 0) is 0 Å². The van der Waals surface area contributed by atoms with E-state index in [9.17, 15) is 0 Å². The Balaban J connectivity index is 2.00. The highest BCUT2D eigenvalue weighted by molar-refractivity contribution is 6.02. The number of guanidine groups is 1. The van der Waals surface area contributed by atoms with E-state index in [1.54, 1.807) is 6.20 Å². The quantitative estimate of drug-likeness (QED) is 0.432. The number of rotatable bonds is 6. The Bertz CT molecular complexity index is 763. The maximum atomic E-state index is 5.84. The van der Waals surface area contributed by atoms with E-state index in [0.717, 1.165) is 36.0 Å². The molecule has 0 bridgehead atoms. The molecule has 1 aromatic carbocycles. The highest BCUT2D eigenvalue weighted by Crippen LogP contribution is 2.16. The standard InChI is InChI=1S/C18H24N6/c1-4-5-10-20-13(2)23-18(19)24-14(3)22-16-8-9-17-15(12-16)7-6-11-21-17/h6-9,11-12,20H,2,4-5,10H2,1,3H3,(H3,19,22,23,24). The minimum absolute atomic E-state index is 0.163. The van der Waals surface area contributed by atoms with Crippen molar-refractivity contribution in [1.29, 1.82) is 0 Å². The van der Waals surface area contributed by atoms with Crippen LogP contribution in [0.25, 0.3) is 10.9 Å². The Morgan fingerprint density at radius 1 is 1.29 bits per heavy atom. The predicted octanol–water partition coefficient (Wildman–Crippen LogP) is 3.24. The number of aromatic nitrogens is 1. The van der Waals surface area contributed by atoms with Gasteiger partial charge in [-0.2, -0.15) is 4.99 Å². The summed E-state index contributed by atoms with van der Waals surface area (Å²) in [6, 6.07) is 9.85. The first-order valence-corrected chi connectivity index (χ1v) is 8.02. The van der Waals surface area contributed by atoms with Crippen molar-refractivity contribution < 1.29 is 0 Å². The molecule has 2 rings (SSSR count). The third kappa shape index (κ3) is 5.39. The summed E-state index contributed by atoms with van der Waals surface area (Å²) in [5, 5.41) is 7.36. The van der Waals surface area contributed by atoms with Gasteiger partial charge in [0.05, 0.1) is 5.52 Å². The topological polar surface area (TPSA) is 87.7 Å². The normalized spacial score (nSPS) is 12.2. The SMILES string of the molecule is C=C(/N=C(N)\N=C(/C)Nc1ccc2ncccc2c1)NCCCC. The van der Waals surface area contributed by atoms with Crippen molar-refractivity contribution in [3.63, 3.8) is 0 Å². The van der Waals surface area contributed by atoms with Crippen LogP contribution in [0.4, 0.5) is 5.69 Å². The molecule has 0 saturated carbocycles. The number of benzene rings is 1. The zero-order valence-corrected chi connectivity index (χ0v) is 14.2. The number of hydrogen-bond acceptors (Lipinski definition) is 3. The second-order valence-corrected chi connectivity index (χ2v) is 5.43. The molecule has 1 heterocycles. The van der Waals surface area contributed by atoms with Gasteiger partial charge < -0.3 is 16.4 Å². The first-order chi connectivity index (χ1) is 11.6. The molecule has 0 radical (unpaired) electrons. The van der Waals surface area contributed by atoms with Crippen LogP contribution in [-0.4, -0.2) is 23.3 Å². The number of unbranched alkanes of at least 4 members (excludes halogenated alkanes) is 1. The van der Waals surface area contributed by atoms with Crippen molar-refractivity contribution in [3.8, 4) is 0 Å². The van der Waals surface area contributed by atoms with Crippen LogP contribution < -0.4 is 16.4 Å². The average molecular weight is 324 g/mol. The van der Waals surface area contributed by atoms with Crippen LogP contribution >= 0.6 is 0 Å². The van der Waals surface area contributed by atoms with Crippen LogP contribution in [0, 0.1) is 0 Å². The molecule has 126 valence electrons. The lowest BCUT2D eigenvalue weighted by molar-refractivity contribution is 0.707. The maximum absolute atomic E-state index is 5.84. The lowest BCUT2D eigenvalue weighted by atomic mass is 10.2. The van der Waals surface area contributed by atoms with Crippen LogP contribution in [0.1, 0.15) is 26.7 Å². The van der Waals surface area contributed by atoms with E-state index in [-0.39, 0.29) is 5.96 Å². The zero-order chi connectivity index (χ0) is 17.4. The number of amidine groups is 1. The summed E-state index contributed by atoms with van der Waals surface area (Å²) in [6.45, 7) is 8.61. The third-order valence-electron chi connectivity index (χ3n) is 3.32. The van der Waals surface area contributed by atoms with E-state index in [4.69, 9.17) is 5.73 Å². The van der Waals surface area contributed by atoms with Gasteiger partial charge in [0.2, 0.25) is 5.96 Å². The number of anilines is 1. The van der Waals surface area contributed by atoms with Gasteiger partial charge in [-0.05, 0) is 37.6 Å². The van der Waals surface area contributed by atoms with Crippen molar-refractivity contribution in [2.24, 2.45) is 15.7 Å². The zero-order valence-electron chi connectivity index (χ0n) is 14.2. The number of nitrogens with two attached hydrogens (primary N) is 1. The summed E-state index contributed by atoms with van der Waals surface area (Å²) < 4.78 is 0. The molecule has 24 heavy (non-hydrogen) atoms. The summed E-state index contributed by atoms with van der Waals surface area (Å²) in [7, 11) is 0. The highest BCUT2D eigenvalue weighted by Gasteiger charge is 1.99. The molecular formula is C18H24N6. The summed E-state index contributed by atoms with van der Waals surface area (Å²) in [6.07, 6.45) is 3.96. The lowest BCUT2D eigenvalue weighted by Gasteiger charge is -2.07. The first-order valence-electron chi connectivity index (χ1n) is 8.02. The average Bonchev–Trinajstić information content (AvgIpc) is 2.54. The van der Waals surface area contributed by atoms with Crippen molar-refractivity contribution in [2.75, 3.05) is 11.9 Å². The number of fused-ring (bicyclic) bond motifs is 1. The Hall–Kier alpha value is -2.89. The van der Waals surface area contributed by atoms with E-state index in [1.807, 2.05) is 37.3 Å². The maximum Gasteiger partial charge on any atom is 0.223 e. The Kier molecular flexibility index (Phi) is 6.31. The lowest BCUT2D eigenvalue weighted by Crippen LogP contribution is -2.19. The van der Waals surface area contributed by atoms with E-state index >= 15 is 0 Å². The molecule has 6 heteroatoms. The van der Waals surface area contributed by atoms with Crippen molar-refractivity contribution >= 4 is 28.4 Å². The van der Waals surface area contributed by atoms with E-state index in [2.05, 4.69) is 39.1 Å². The van der Waals surface area contributed by atoms with Gasteiger partial charge in [0.15, 0.2) is 0 Å². The van der Waals surface area contributed by atoms with E-state index in [1.165, 1.54) is 0 Å². The summed E-state index contributed by atoms with van der Waals surface area (Å²) >= 11 is 0. The molecule has 0 aliphatic heterocycles. The second-order valence-electron chi connectivity index (χ2n) is 5.43. The minimum Gasteiger partial charge on any atom is -0.370 e. The molecule has 0 fully saturated rings. The number of nitrogens with one attached hydrogen (secondary N) is 2. The number of aliphatic imine (C=N–C) groups is 2. The summed E-state index contributed by atoms with van der Waals surface area (Å²) in [4.78, 5) is 12.7. The van der Waals surface area contributed by atoms with Gasteiger partial charge in [0.1, 0.15) is 11.7 Å². The fourth-order valence-corrected chi connectivity index (χ4v) is 2.17. The molecule has 6 nitrogen and oxygen atoms in total. The highest BCUT2D eigenvalue weighted by atomic mass is 15.1. The molecule has 0 unspecified atom stereocenters. The van der Waals surface area contributed by atoms with Crippen molar-refractivity contribution in [1.82, 2.24) is 10.3 Å². The van der Waals surface area contributed by atoms with Crippen LogP contribution in [0.2, 0.25) is 0 Å². The molecule has 0 saturated heterocycles. The van der Waals surface area contributed by atoms with Crippen LogP contribution in [0.15, 0.2) is 58.9 Å². The molecule has 0 spiro atoms. The Labute approximate surface area is 142 Å². The fourth-order valence-electron chi connectivity index (χ4n) is 2.17. The molecule has 0 aliphatic rings. The van der Waals surface area contributed by atoms with Gasteiger partial charge in [-0.1, -0.05) is 26.0 Å². The number of pyridine rings is 1. The van der Waals surface area contributed by atoms with Gasteiger partial charge in [-0.3, -0.25) is 4.98 Å². The molecule has 0 atom stereocenters. The van der Waals surface area contributed by atoms with Crippen LogP contribution in [0.3, 0.4) is 0 Å². The number of hydrogen-bond donors (Lipinski definition) is 3. The van der Waals surface area contributed by atoms with Gasteiger partial charge >= 0.3 is 0 Å². The van der Waals surface area contributed by atoms with E-state index in [0.29, 0.717) is 11.7 Å². The number of nitrogens with zero attached hydrogens (tertiary/aromatic N) is 3. The van der Waals surface area contributed by atoms with Gasteiger partial charge in [0, 0.05) is 23.8 Å². The van der Waals surface area contributed by atoms with Gasteiger partial charge in [-0.25, -0.2) is 4.99 Å².